The molecule has 38 heavy (non-hydrogen) atoms. The monoisotopic (exact) mass is 521 g/mol. The van der Waals surface area contributed by atoms with Crippen LogP contribution in [0.25, 0.3) is 22.5 Å². The van der Waals surface area contributed by atoms with E-state index in [2.05, 4.69) is 35.4 Å². The zero-order chi connectivity index (χ0) is 26.4. The van der Waals surface area contributed by atoms with Gasteiger partial charge in [-0.1, -0.05) is 6.07 Å². The number of benzene rings is 1. The number of ether oxygens (including phenoxy) is 2. The molecule has 0 unspecified atom stereocenters. The number of phenols is 1. The normalized spacial score (nSPS) is 26.6. The summed E-state index contributed by atoms with van der Waals surface area (Å²) in [6, 6.07) is 5.40. The van der Waals surface area contributed by atoms with Crippen molar-refractivity contribution in [1.29, 1.82) is 0 Å². The number of methoxy groups -OCH3 is 2. The maximum absolute atomic E-state index is 15.9. The van der Waals surface area contributed by atoms with Crippen LogP contribution in [0.4, 0.5) is 10.3 Å². The van der Waals surface area contributed by atoms with Crippen LogP contribution in [0.15, 0.2) is 30.6 Å². The van der Waals surface area contributed by atoms with Crippen molar-refractivity contribution in [3.05, 3.63) is 30.6 Å². The Hall–Kier alpha value is -3.60. The minimum atomic E-state index is -1.01. The van der Waals surface area contributed by atoms with Crippen LogP contribution in [-0.2, 0) is 0 Å². The van der Waals surface area contributed by atoms with E-state index >= 15 is 4.39 Å². The van der Waals surface area contributed by atoms with Crippen molar-refractivity contribution in [2.24, 2.45) is 0 Å². The first-order valence-corrected chi connectivity index (χ1v) is 13.1. The minimum absolute atomic E-state index is 0.00455. The zero-order valence-electron chi connectivity index (χ0n) is 21.8. The largest absolute Gasteiger partial charge is 0.507 e. The van der Waals surface area contributed by atoms with Gasteiger partial charge in [0.05, 0.1) is 38.3 Å². The highest BCUT2D eigenvalue weighted by molar-refractivity contribution is 5.72. The summed E-state index contributed by atoms with van der Waals surface area (Å²) < 4.78 is 26.2. The van der Waals surface area contributed by atoms with Gasteiger partial charge in [-0.15, -0.1) is 10.2 Å². The molecular weight excluding hydrogens is 489 g/mol. The molecule has 6 rings (SSSR count). The highest BCUT2D eigenvalue weighted by atomic mass is 19.1. The number of anilines is 1. The number of aromatic hydroxyl groups is 1. The summed E-state index contributed by atoms with van der Waals surface area (Å²) in [4.78, 5) is 15.3. The lowest BCUT2D eigenvalue weighted by Crippen LogP contribution is -2.69. The molecule has 0 amide bonds. The van der Waals surface area contributed by atoms with Gasteiger partial charge in [0.15, 0.2) is 0 Å². The van der Waals surface area contributed by atoms with E-state index in [-0.39, 0.29) is 29.6 Å². The highest BCUT2D eigenvalue weighted by Gasteiger charge is 2.52. The van der Waals surface area contributed by atoms with E-state index in [4.69, 9.17) is 9.47 Å². The van der Waals surface area contributed by atoms with Crippen LogP contribution >= 0.6 is 0 Å². The topological polar surface area (TPSA) is 118 Å². The van der Waals surface area contributed by atoms with Crippen LogP contribution in [-0.4, -0.2) is 74.3 Å². The Morgan fingerprint density at radius 2 is 1.84 bits per heavy atom. The van der Waals surface area contributed by atoms with Gasteiger partial charge >= 0.3 is 0 Å². The molecule has 0 radical (unpaired) electrons. The summed E-state index contributed by atoms with van der Waals surface area (Å²) in [6.45, 7) is 2.00. The Balaban J connectivity index is 1.25. The number of halogens is 1. The van der Waals surface area contributed by atoms with E-state index in [0.29, 0.717) is 34.5 Å². The van der Waals surface area contributed by atoms with Gasteiger partial charge in [-0.05, 0) is 57.6 Å². The quantitative estimate of drug-likeness (QED) is 0.476. The number of fused-ring (bicyclic) bond motifs is 2. The molecule has 1 aliphatic carbocycles. The van der Waals surface area contributed by atoms with Crippen LogP contribution in [0.3, 0.4) is 0 Å². The zero-order valence-corrected chi connectivity index (χ0v) is 21.8. The Bertz CT molecular complexity index is 1320. The van der Waals surface area contributed by atoms with Gasteiger partial charge < -0.3 is 24.8 Å². The van der Waals surface area contributed by atoms with E-state index in [1.54, 1.807) is 30.6 Å². The predicted octanol–water partition coefficient (Wildman–Crippen LogP) is 3.70. The second-order valence-corrected chi connectivity index (χ2v) is 10.6. The van der Waals surface area contributed by atoms with Crippen molar-refractivity contribution in [1.82, 2.24) is 30.5 Å². The molecule has 10 nitrogen and oxygen atoms in total. The predicted molar refractivity (Wildman–Crippen MR) is 139 cm³/mol. The number of hydrogen-bond donors (Lipinski definition) is 2. The fourth-order valence-corrected chi connectivity index (χ4v) is 5.94. The van der Waals surface area contributed by atoms with Gasteiger partial charge in [-0.3, -0.25) is 0 Å². The van der Waals surface area contributed by atoms with E-state index in [9.17, 15) is 5.11 Å². The first-order chi connectivity index (χ1) is 18.4. The Morgan fingerprint density at radius 3 is 2.53 bits per heavy atom. The van der Waals surface area contributed by atoms with Gasteiger partial charge in [0.25, 0.3) is 11.8 Å². The third-order valence-electron chi connectivity index (χ3n) is 8.00. The van der Waals surface area contributed by atoms with Gasteiger partial charge in [-0.25, -0.2) is 19.3 Å². The number of aromatic nitrogens is 5. The number of nitrogens with zero attached hydrogens (tertiary/aromatic N) is 6. The summed E-state index contributed by atoms with van der Waals surface area (Å²) in [6.07, 6.45) is 7.83. The van der Waals surface area contributed by atoms with E-state index in [1.807, 2.05) is 6.92 Å². The molecule has 1 aromatic carbocycles. The smallest absolute Gasteiger partial charge is 0.278 e. The molecule has 4 atom stereocenters. The van der Waals surface area contributed by atoms with E-state index in [1.165, 1.54) is 14.2 Å². The summed E-state index contributed by atoms with van der Waals surface area (Å²) >= 11 is 0. The third kappa shape index (κ3) is 4.38. The highest BCUT2D eigenvalue weighted by Crippen LogP contribution is 2.42. The van der Waals surface area contributed by atoms with Crippen molar-refractivity contribution in [2.45, 2.75) is 75.3 Å². The van der Waals surface area contributed by atoms with Crippen molar-refractivity contribution in [2.75, 3.05) is 19.1 Å². The maximum atomic E-state index is 15.9. The number of piperidine rings is 2. The average molecular weight is 522 g/mol. The molecule has 2 bridgehead atoms. The maximum Gasteiger partial charge on any atom is 0.278 e. The second kappa shape index (κ2) is 9.61. The molecule has 2 N–H and O–H groups in total. The SMILES string of the molecule is COc1ncc(-c2ccc(-c3cnc(N(C4CC4)[C@@H]4C[C@@H]5CCC[C@](C)(N5)[C@@H]4F)nn3)c(O)c2)nc1OC. The van der Waals surface area contributed by atoms with Gasteiger partial charge in [0, 0.05) is 28.7 Å². The molecule has 11 heteroatoms. The molecule has 2 aromatic heterocycles. The van der Waals surface area contributed by atoms with Crippen LogP contribution in [0.1, 0.15) is 45.4 Å². The van der Waals surface area contributed by atoms with Crippen molar-refractivity contribution >= 4 is 5.95 Å². The van der Waals surface area contributed by atoms with Gasteiger partial charge in [0.2, 0.25) is 5.95 Å². The summed E-state index contributed by atoms with van der Waals surface area (Å²) in [7, 11) is 2.98. The molecule has 0 spiro atoms. The molecule has 3 fully saturated rings. The number of nitrogens with one attached hydrogen (secondary N) is 1. The van der Waals surface area contributed by atoms with Crippen molar-refractivity contribution < 1.29 is 19.0 Å². The molecule has 2 saturated heterocycles. The average Bonchev–Trinajstić information content (AvgIpc) is 3.77. The minimum Gasteiger partial charge on any atom is -0.507 e. The Labute approximate surface area is 220 Å². The molecule has 4 heterocycles. The number of hydrogen-bond acceptors (Lipinski definition) is 10. The van der Waals surface area contributed by atoms with E-state index in [0.717, 1.165) is 38.5 Å². The molecule has 3 aromatic rings. The fourth-order valence-electron chi connectivity index (χ4n) is 5.94. The van der Waals surface area contributed by atoms with Crippen LogP contribution in [0, 0.1) is 0 Å². The lowest BCUT2D eigenvalue weighted by molar-refractivity contribution is 0.0383. The molecule has 2 aliphatic heterocycles. The summed E-state index contributed by atoms with van der Waals surface area (Å²) in [5.74, 6) is 0.982. The van der Waals surface area contributed by atoms with E-state index < -0.39 is 11.7 Å². The Morgan fingerprint density at radius 1 is 1.05 bits per heavy atom. The van der Waals surface area contributed by atoms with Crippen molar-refractivity contribution in [3.8, 4) is 40.0 Å². The van der Waals surface area contributed by atoms with Crippen molar-refractivity contribution in [3.63, 3.8) is 0 Å². The summed E-state index contributed by atoms with van der Waals surface area (Å²) in [5, 5.41) is 23.1. The second-order valence-electron chi connectivity index (χ2n) is 10.6. The van der Waals surface area contributed by atoms with Crippen LogP contribution in [0.5, 0.6) is 17.5 Å². The molecule has 3 aliphatic rings. The van der Waals surface area contributed by atoms with Crippen LogP contribution in [0.2, 0.25) is 0 Å². The number of rotatable bonds is 7. The molecule has 1 saturated carbocycles. The third-order valence-corrected chi connectivity index (χ3v) is 8.00. The first-order valence-electron chi connectivity index (χ1n) is 13.1. The molecular formula is C27H32FN7O3. The Kier molecular flexibility index (Phi) is 6.25. The van der Waals surface area contributed by atoms with Crippen LogP contribution < -0.4 is 19.7 Å². The number of alkyl halides is 1. The lowest BCUT2D eigenvalue weighted by atomic mass is 9.73. The number of phenolic OH excluding ortho intramolecular Hbond substituents is 1. The fraction of sp³-hybridized carbons (Fsp3) is 0.519. The summed E-state index contributed by atoms with van der Waals surface area (Å²) in [5.41, 5.74) is 1.57. The standard InChI is InChI=1S/C27H32FN7O3/c1-27-10-4-5-16(32-27)12-21(23(27)28)35(17-7-8-17)26-30-14-20(33-34-26)18-9-6-15(11-22(18)36)19-13-29-24(37-2)25(31-19)38-3/h6,9,11,13-14,16-17,21,23,32,36H,4-5,7-8,10,12H2,1-3H3/t16-,21+,23+,27-/m0/s1. The first kappa shape index (κ1) is 24.7. The van der Waals surface area contributed by atoms with Gasteiger partial charge in [-0.2, -0.15) is 0 Å². The molecule has 200 valence electrons. The van der Waals surface area contributed by atoms with Gasteiger partial charge in [0.1, 0.15) is 17.6 Å². The lowest BCUT2D eigenvalue weighted by Gasteiger charge is -2.52.